The van der Waals surface area contributed by atoms with Crippen LogP contribution in [0.5, 0.6) is 5.75 Å². The summed E-state index contributed by atoms with van der Waals surface area (Å²) in [6, 6.07) is 4.57. The Balaban J connectivity index is 3.06. The minimum absolute atomic E-state index is 0.0799. The Morgan fingerprint density at radius 3 is 2.63 bits per heavy atom. The summed E-state index contributed by atoms with van der Waals surface area (Å²) >= 11 is 5.43. The topological polar surface area (TPSA) is 83.8 Å². The molecule has 0 amide bonds. The van der Waals surface area contributed by atoms with Gasteiger partial charge in [0.2, 0.25) is 0 Å². The molecule has 0 aliphatic carbocycles. The lowest BCUT2D eigenvalue weighted by molar-refractivity contribution is -0.147. The fourth-order valence-electron chi connectivity index (χ4n) is 1.60. The molecule has 5 nitrogen and oxygen atoms in total. The first-order valence-corrected chi connectivity index (χ1v) is 6.27. The van der Waals surface area contributed by atoms with E-state index < -0.39 is 12.1 Å². The molecular formula is C13H15ClO5. The van der Waals surface area contributed by atoms with Crippen LogP contribution in [0.2, 0.25) is 0 Å². The lowest BCUT2D eigenvalue weighted by atomic mass is 10.0. The minimum atomic E-state index is -1.65. The number of aliphatic hydroxyl groups excluding tert-OH is 1. The Hall–Kier alpha value is -1.59. The van der Waals surface area contributed by atoms with Crippen LogP contribution in [0.25, 0.3) is 0 Å². The number of carbonyl (C=O) groups excluding carboxylic acids is 1. The van der Waals surface area contributed by atoms with E-state index >= 15 is 0 Å². The molecule has 0 radical (unpaired) electrons. The Morgan fingerprint density at radius 2 is 2.11 bits per heavy atom. The Bertz CT molecular complexity index is 472. The highest BCUT2D eigenvalue weighted by Gasteiger charge is 2.21. The fraction of sp³-hybridized carbons (Fsp3) is 0.385. The zero-order valence-electron chi connectivity index (χ0n) is 10.4. The number of carboxylic acid groups (broad SMARTS) is 1. The maximum atomic E-state index is 11.3. The molecule has 0 heterocycles. The van der Waals surface area contributed by atoms with Gasteiger partial charge >= 0.3 is 5.97 Å². The van der Waals surface area contributed by atoms with Crippen LogP contribution in [0.1, 0.15) is 24.2 Å². The van der Waals surface area contributed by atoms with E-state index in [2.05, 4.69) is 0 Å². The number of aliphatic hydroxyl groups is 1. The van der Waals surface area contributed by atoms with Gasteiger partial charge in [-0.2, -0.15) is 0 Å². The van der Waals surface area contributed by atoms with E-state index in [4.69, 9.17) is 21.4 Å². The van der Waals surface area contributed by atoms with E-state index in [1.54, 1.807) is 19.1 Å². The highest BCUT2D eigenvalue weighted by Crippen LogP contribution is 2.27. The number of benzene rings is 1. The van der Waals surface area contributed by atoms with Gasteiger partial charge in [-0.25, -0.2) is 4.79 Å². The van der Waals surface area contributed by atoms with Crippen molar-refractivity contribution in [3.63, 3.8) is 0 Å². The van der Waals surface area contributed by atoms with Crippen molar-refractivity contribution in [2.24, 2.45) is 0 Å². The van der Waals surface area contributed by atoms with Gasteiger partial charge in [-0.05, 0) is 18.6 Å². The van der Waals surface area contributed by atoms with Gasteiger partial charge in [0.1, 0.15) is 5.75 Å². The largest absolute Gasteiger partial charge is 0.493 e. The van der Waals surface area contributed by atoms with Gasteiger partial charge in [-0.3, -0.25) is 4.79 Å². The van der Waals surface area contributed by atoms with Crippen molar-refractivity contribution in [3.05, 3.63) is 29.3 Å². The monoisotopic (exact) mass is 286 g/mol. The average molecular weight is 287 g/mol. The second-order valence-electron chi connectivity index (χ2n) is 3.90. The van der Waals surface area contributed by atoms with Crippen LogP contribution < -0.4 is 4.74 Å². The Morgan fingerprint density at radius 1 is 1.42 bits per heavy atom. The predicted molar refractivity (Wildman–Crippen MR) is 69.6 cm³/mol. The van der Waals surface area contributed by atoms with Crippen LogP contribution in [0.3, 0.4) is 0 Å². The summed E-state index contributed by atoms with van der Waals surface area (Å²) in [5.74, 6) is -1.32. The van der Waals surface area contributed by atoms with Gasteiger partial charge in [0.25, 0.3) is 0 Å². The molecule has 0 saturated heterocycles. The van der Waals surface area contributed by atoms with Crippen LogP contribution in [-0.2, 0) is 16.0 Å². The fourth-order valence-corrected chi connectivity index (χ4v) is 1.70. The van der Waals surface area contributed by atoms with E-state index in [9.17, 15) is 14.7 Å². The second-order valence-corrected chi connectivity index (χ2v) is 4.16. The summed E-state index contributed by atoms with van der Waals surface area (Å²) in [6.45, 7) is 2.07. The third kappa shape index (κ3) is 4.22. The third-order valence-electron chi connectivity index (χ3n) is 2.46. The number of alkyl halides is 1. The van der Waals surface area contributed by atoms with Gasteiger partial charge < -0.3 is 14.9 Å². The maximum absolute atomic E-state index is 11.3. The van der Waals surface area contributed by atoms with Gasteiger partial charge in [0.15, 0.2) is 11.9 Å². The average Bonchev–Trinajstić information content (AvgIpc) is 2.38. The smallest absolute Gasteiger partial charge is 0.337 e. The normalized spacial score (nSPS) is 11.9. The molecule has 19 heavy (non-hydrogen) atoms. The number of carbonyl (C=O) groups is 2. The molecule has 0 saturated carbocycles. The van der Waals surface area contributed by atoms with E-state index in [1.807, 2.05) is 0 Å². The summed E-state index contributed by atoms with van der Waals surface area (Å²) in [7, 11) is 0. The molecule has 1 rings (SSSR count). The standard InChI is InChI=1S/C13H15ClO5/c1-2-19-11-6-8(5-9(15)7-14)3-4-10(11)12(16)13(17)18/h3-4,6,12,16H,2,5,7H2,1H3,(H,17,18). The Kier molecular flexibility index (Phi) is 5.79. The van der Waals surface area contributed by atoms with Gasteiger partial charge in [0.05, 0.1) is 12.5 Å². The molecule has 0 aliphatic heterocycles. The summed E-state index contributed by atoms with van der Waals surface area (Å²) in [6.07, 6.45) is -1.51. The highest BCUT2D eigenvalue weighted by atomic mass is 35.5. The quantitative estimate of drug-likeness (QED) is 0.743. The zero-order valence-corrected chi connectivity index (χ0v) is 11.2. The van der Waals surface area contributed by atoms with E-state index in [0.717, 1.165) is 0 Å². The summed E-state index contributed by atoms with van der Waals surface area (Å²) in [5, 5.41) is 18.4. The molecule has 1 aromatic carbocycles. The first-order chi connectivity index (χ1) is 8.99. The predicted octanol–water partition coefficient (Wildman–Crippen LogP) is 1.55. The lowest BCUT2D eigenvalue weighted by Gasteiger charge is -2.14. The van der Waals surface area contributed by atoms with Crippen LogP contribution in [-0.4, -0.2) is 34.5 Å². The first-order valence-electron chi connectivity index (χ1n) is 5.73. The molecular weight excluding hydrogens is 272 g/mol. The van der Waals surface area contributed by atoms with Crippen molar-refractivity contribution in [2.45, 2.75) is 19.4 Å². The molecule has 0 spiro atoms. The molecule has 0 bridgehead atoms. The molecule has 6 heteroatoms. The Labute approximate surface area is 115 Å². The highest BCUT2D eigenvalue weighted by molar-refractivity contribution is 6.27. The van der Waals surface area contributed by atoms with Crippen LogP contribution in [0.15, 0.2) is 18.2 Å². The lowest BCUT2D eigenvalue weighted by Crippen LogP contribution is -2.13. The molecule has 1 aromatic rings. The number of halogens is 1. The number of ether oxygens (including phenoxy) is 1. The number of Topliss-reactive ketones (excluding diaryl/α,β-unsaturated/α-hetero) is 1. The summed E-state index contributed by atoms with van der Waals surface area (Å²) in [5.41, 5.74) is 0.826. The number of carboxylic acids is 1. The zero-order chi connectivity index (χ0) is 14.4. The maximum Gasteiger partial charge on any atom is 0.337 e. The number of rotatable bonds is 7. The molecule has 0 fully saturated rings. The molecule has 1 atom stereocenters. The van der Waals surface area contributed by atoms with E-state index in [0.29, 0.717) is 12.2 Å². The molecule has 0 aromatic heterocycles. The molecule has 1 unspecified atom stereocenters. The van der Waals surface area contributed by atoms with Crippen molar-refractivity contribution >= 4 is 23.4 Å². The van der Waals surface area contributed by atoms with Crippen molar-refractivity contribution in [3.8, 4) is 5.75 Å². The molecule has 104 valence electrons. The van der Waals surface area contributed by atoms with Crippen molar-refractivity contribution in [1.29, 1.82) is 0 Å². The molecule has 2 N–H and O–H groups in total. The summed E-state index contributed by atoms with van der Waals surface area (Å²) in [4.78, 5) is 22.0. The van der Waals surface area contributed by atoms with Crippen LogP contribution in [0.4, 0.5) is 0 Å². The van der Waals surface area contributed by atoms with Crippen LogP contribution >= 0.6 is 11.6 Å². The third-order valence-corrected chi connectivity index (χ3v) is 2.75. The minimum Gasteiger partial charge on any atom is -0.493 e. The number of hydrogen-bond donors (Lipinski definition) is 2. The van der Waals surface area contributed by atoms with Crippen molar-refractivity contribution in [2.75, 3.05) is 12.5 Å². The number of aliphatic carboxylic acids is 1. The van der Waals surface area contributed by atoms with Gasteiger partial charge in [-0.1, -0.05) is 12.1 Å². The second kappa shape index (κ2) is 7.11. The van der Waals surface area contributed by atoms with Gasteiger partial charge in [0, 0.05) is 12.0 Å². The first kappa shape index (κ1) is 15.5. The van der Waals surface area contributed by atoms with E-state index in [-0.39, 0.29) is 29.4 Å². The van der Waals surface area contributed by atoms with Crippen molar-refractivity contribution in [1.82, 2.24) is 0 Å². The van der Waals surface area contributed by atoms with Crippen LogP contribution in [0, 0.1) is 0 Å². The van der Waals surface area contributed by atoms with E-state index in [1.165, 1.54) is 6.07 Å². The summed E-state index contributed by atoms with van der Waals surface area (Å²) < 4.78 is 5.30. The molecule has 0 aliphatic rings. The number of ketones is 1. The SMILES string of the molecule is CCOc1cc(CC(=O)CCl)ccc1C(O)C(=O)O. The van der Waals surface area contributed by atoms with Crippen molar-refractivity contribution < 1.29 is 24.5 Å². The number of hydrogen-bond acceptors (Lipinski definition) is 4. The van der Waals surface area contributed by atoms with Gasteiger partial charge in [-0.15, -0.1) is 11.6 Å².